The molecule has 2 amide bonds. The lowest BCUT2D eigenvalue weighted by molar-refractivity contribution is -0.0925. The highest BCUT2D eigenvalue weighted by molar-refractivity contribution is 5.78. The monoisotopic (exact) mass is 289 g/mol. The number of rotatable bonds is 2. The molecule has 3 unspecified atom stereocenters. The second-order valence-corrected chi connectivity index (χ2v) is 5.17. The van der Waals surface area contributed by atoms with Crippen LogP contribution >= 0.6 is 0 Å². The summed E-state index contributed by atoms with van der Waals surface area (Å²) in [5.41, 5.74) is 5.87. The molecule has 0 aromatic heterocycles. The average Bonchev–Trinajstić information content (AvgIpc) is 2.90. The van der Waals surface area contributed by atoms with Crippen LogP contribution in [0, 0.1) is 0 Å². The standard InChI is InChI=1S/C10H19N5O5/c11-7-4-8(13-2-12-7)15(10(19)14-4)9-6(18)5(17)3(1-16)20-9/h3-9,12-13,16-18H,1-2,11H2,(H,14,19)/t3-,4?,5-,6-,7?,8?,9-/m1/s1. The van der Waals surface area contributed by atoms with E-state index in [1.807, 2.05) is 0 Å². The molecule has 0 saturated carbocycles. The molecule has 0 aromatic rings. The van der Waals surface area contributed by atoms with E-state index in [4.69, 9.17) is 15.6 Å². The molecule has 114 valence electrons. The fourth-order valence-corrected chi connectivity index (χ4v) is 2.90. The van der Waals surface area contributed by atoms with Gasteiger partial charge in [0, 0.05) is 6.67 Å². The number of nitrogens with one attached hydrogen (secondary N) is 3. The summed E-state index contributed by atoms with van der Waals surface area (Å²) >= 11 is 0. The number of hydrogen-bond acceptors (Lipinski definition) is 8. The highest BCUT2D eigenvalue weighted by atomic mass is 16.6. The number of ether oxygens (including phenoxy) is 1. The topological polar surface area (TPSA) is 152 Å². The molecule has 3 aliphatic heterocycles. The molecule has 10 nitrogen and oxygen atoms in total. The van der Waals surface area contributed by atoms with Crippen LogP contribution in [0.1, 0.15) is 0 Å². The second kappa shape index (κ2) is 5.07. The van der Waals surface area contributed by atoms with Gasteiger partial charge in [-0.1, -0.05) is 0 Å². The number of aliphatic hydroxyl groups is 3. The summed E-state index contributed by atoms with van der Waals surface area (Å²) in [6.07, 6.45) is -5.36. The minimum absolute atomic E-state index is 0.377. The molecule has 8 N–H and O–H groups in total. The first-order chi connectivity index (χ1) is 9.54. The van der Waals surface area contributed by atoms with E-state index in [9.17, 15) is 15.0 Å². The van der Waals surface area contributed by atoms with Crippen molar-refractivity contribution in [2.75, 3.05) is 13.3 Å². The number of nitrogens with zero attached hydrogens (tertiary/aromatic N) is 1. The predicted molar refractivity (Wildman–Crippen MR) is 64.8 cm³/mol. The summed E-state index contributed by atoms with van der Waals surface area (Å²) in [5.74, 6) is 0. The third-order valence-corrected chi connectivity index (χ3v) is 3.99. The largest absolute Gasteiger partial charge is 0.394 e. The maximum atomic E-state index is 12.1. The molecule has 0 spiro atoms. The van der Waals surface area contributed by atoms with Crippen LogP contribution in [0.4, 0.5) is 4.79 Å². The third-order valence-electron chi connectivity index (χ3n) is 3.99. The summed E-state index contributed by atoms with van der Waals surface area (Å²) in [5, 5.41) is 37.6. The minimum Gasteiger partial charge on any atom is -0.394 e. The maximum absolute atomic E-state index is 12.1. The van der Waals surface area contributed by atoms with Gasteiger partial charge in [0.05, 0.1) is 18.8 Å². The Kier molecular flexibility index (Phi) is 3.54. The van der Waals surface area contributed by atoms with Gasteiger partial charge in [-0.2, -0.15) is 0 Å². The van der Waals surface area contributed by atoms with Crippen molar-refractivity contribution < 1.29 is 24.9 Å². The zero-order chi connectivity index (χ0) is 14.4. The first-order valence-electron chi connectivity index (χ1n) is 6.48. The van der Waals surface area contributed by atoms with Crippen LogP contribution in [-0.2, 0) is 4.74 Å². The molecule has 0 radical (unpaired) electrons. The van der Waals surface area contributed by atoms with Gasteiger partial charge in [-0.05, 0) is 0 Å². The number of amides is 2. The normalized spacial score (nSPS) is 48.3. The summed E-state index contributed by atoms with van der Waals surface area (Å²) < 4.78 is 5.39. The summed E-state index contributed by atoms with van der Waals surface area (Å²) in [6.45, 7) is -0.0324. The van der Waals surface area contributed by atoms with E-state index in [2.05, 4.69) is 16.0 Å². The van der Waals surface area contributed by atoms with E-state index in [0.29, 0.717) is 6.67 Å². The van der Waals surface area contributed by atoms with Crippen LogP contribution in [0.15, 0.2) is 0 Å². The Morgan fingerprint density at radius 1 is 1.35 bits per heavy atom. The molecule has 3 rings (SSSR count). The van der Waals surface area contributed by atoms with E-state index < -0.39 is 49.5 Å². The molecule has 3 aliphatic rings. The first kappa shape index (κ1) is 13.9. The quantitative estimate of drug-likeness (QED) is 0.269. The van der Waals surface area contributed by atoms with Crippen molar-refractivity contribution in [3.8, 4) is 0 Å². The van der Waals surface area contributed by atoms with Gasteiger partial charge in [-0.25, -0.2) is 4.79 Å². The molecular weight excluding hydrogens is 270 g/mol. The Balaban J connectivity index is 1.81. The number of carbonyl (C=O) groups is 1. The van der Waals surface area contributed by atoms with Crippen molar-refractivity contribution in [3.63, 3.8) is 0 Å². The number of nitrogens with two attached hydrogens (primary N) is 1. The van der Waals surface area contributed by atoms with Crippen molar-refractivity contribution in [1.29, 1.82) is 0 Å². The van der Waals surface area contributed by atoms with Crippen LogP contribution in [0.5, 0.6) is 0 Å². The Morgan fingerprint density at radius 2 is 2.10 bits per heavy atom. The third kappa shape index (κ3) is 1.97. The predicted octanol–water partition coefficient (Wildman–Crippen LogP) is -4.42. The molecule has 3 fully saturated rings. The average molecular weight is 289 g/mol. The lowest BCUT2D eigenvalue weighted by Crippen LogP contribution is -2.68. The summed E-state index contributed by atoms with van der Waals surface area (Å²) in [6, 6.07) is -0.821. The van der Waals surface area contributed by atoms with E-state index in [0.717, 1.165) is 0 Å². The maximum Gasteiger partial charge on any atom is 0.321 e. The zero-order valence-electron chi connectivity index (χ0n) is 10.6. The van der Waals surface area contributed by atoms with Crippen molar-refractivity contribution in [3.05, 3.63) is 0 Å². The van der Waals surface area contributed by atoms with E-state index in [1.165, 1.54) is 4.90 Å². The molecule has 3 heterocycles. The fraction of sp³-hybridized carbons (Fsp3) is 0.900. The molecule has 0 bridgehead atoms. The zero-order valence-corrected chi connectivity index (χ0v) is 10.6. The number of hydrogen-bond donors (Lipinski definition) is 7. The van der Waals surface area contributed by atoms with Gasteiger partial charge in [0.15, 0.2) is 6.23 Å². The van der Waals surface area contributed by atoms with Crippen LogP contribution in [0.2, 0.25) is 0 Å². The van der Waals surface area contributed by atoms with Crippen molar-refractivity contribution in [2.24, 2.45) is 5.73 Å². The summed E-state index contributed by atoms with van der Waals surface area (Å²) in [4.78, 5) is 13.4. The Morgan fingerprint density at radius 3 is 2.75 bits per heavy atom. The minimum atomic E-state index is -1.29. The van der Waals surface area contributed by atoms with E-state index >= 15 is 0 Å². The van der Waals surface area contributed by atoms with Crippen LogP contribution in [0.25, 0.3) is 0 Å². The van der Waals surface area contributed by atoms with E-state index in [1.54, 1.807) is 0 Å². The molecule has 0 aliphatic carbocycles. The fourth-order valence-electron chi connectivity index (χ4n) is 2.90. The Hall–Kier alpha value is -1.01. The number of aliphatic hydroxyl groups excluding tert-OH is 3. The molecule has 3 saturated heterocycles. The lowest BCUT2D eigenvalue weighted by Gasteiger charge is -2.37. The molecule has 20 heavy (non-hydrogen) atoms. The van der Waals surface area contributed by atoms with Gasteiger partial charge >= 0.3 is 6.03 Å². The van der Waals surface area contributed by atoms with Gasteiger partial charge in [0.2, 0.25) is 0 Å². The second-order valence-electron chi connectivity index (χ2n) is 5.17. The Bertz CT molecular complexity index is 398. The van der Waals surface area contributed by atoms with Gasteiger partial charge in [-0.3, -0.25) is 15.5 Å². The van der Waals surface area contributed by atoms with Crippen molar-refractivity contribution >= 4 is 6.03 Å². The van der Waals surface area contributed by atoms with Gasteiger partial charge in [0.1, 0.15) is 24.5 Å². The lowest BCUT2D eigenvalue weighted by atomic mass is 10.1. The highest BCUT2D eigenvalue weighted by Gasteiger charge is 2.54. The van der Waals surface area contributed by atoms with Crippen molar-refractivity contribution in [1.82, 2.24) is 20.9 Å². The molecule has 7 atom stereocenters. The van der Waals surface area contributed by atoms with Gasteiger partial charge in [0.25, 0.3) is 0 Å². The smallest absolute Gasteiger partial charge is 0.321 e. The van der Waals surface area contributed by atoms with Crippen LogP contribution in [-0.4, -0.2) is 82.4 Å². The Labute approximate surface area is 114 Å². The van der Waals surface area contributed by atoms with Crippen molar-refractivity contribution in [2.45, 2.75) is 42.9 Å². The first-order valence-corrected chi connectivity index (χ1v) is 6.48. The highest BCUT2D eigenvalue weighted by Crippen LogP contribution is 2.28. The molecule has 0 aromatic carbocycles. The summed E-state index contributed by atoms with van der Waals surface area (Å²) in [7, 11) is 0. The van der Waals surface area contributed by atoms with Gasteiger partial charge < -0.3 is 31.1 Å². The van der Waals surface area contributed by atoms with Gasteiger partial charge in [-0.15, -0.1) is 0 Å². The SMILES string of the molecule is NC1NCNC2C1NC(=O)N2[C@@H]1O[C@H](CO)[C@@H](O)[C@H]1O. The molecule has 10 heteroatoms. The number of fused-ring (bicyclic) bond motifs is 1. The van der Waals surface area contributed by atoms with E-state index in [-0.39, 0.29) is 6.04 Å². The van der Waals surface area contributed by atoms with Crippen LogP contribution in [0.3, 0.4) is 0 Å². The number of carbonyl (C=O) groups excluding carboxylic acids is 1. The molecular formula is C10H19N5O5. The number of urea groups is 1. The van der Waals surface area contributed by atoms with Crippen LogP contribution < -0.4 is 21.7 Å².